The number of nitrogens with zero attached hydrogens (tertiary/aromatic N) is 1. The highest BCUT2D eigenvalue weighted by molar-refractivity contribution is 7.15. The number of aryl methyl sites for hydroxylation is 1. The van der Waals surface area contributed by atoms with Crippen molar-refractivity contribution in [3.63, 3.8) is 0 Å². The van der Waals surface area contributed by atoms with Gasteiger partial charge in [0.2, 0.25) is 0 Å². The van der Waals surface area contributed by atoms with Gasteiger partial charge in [-0.1, -0.05) is 11.3 Å². The van der Waals surface area contributed by atoms with Gasteiger partial charge in [-0.3, -0.25) is 10.1 Å². The molecular weight excluding hydrogens is 256 g/mol. The van der Waals surface area contributed by atoms with E-state index in [2.05, 4.69) is 23.0 Å². The van der Waals surface area contributed by atoms with Gasteiger partial charge in [0.1, 0.15) is 0 Å². The van der Waals surface area contributed by atoms with Crippen LogP contribution in [0.15, 0.2) is 22.9 Å². The number of thiophene rings is 2. The third kappa shape index (κ3) is 3.12. The molecule has 0 aliphatic carbocycles. The van der Waals surface area contributed by atoms with E-state index in [0.717, 1.165) is 11.4 Å². The first-order valence-corrected chi connectivity index (χ1v) is 6.88. The first-order valence-electron chi connectivity index (χ1n) is 5.12. The zero-order chi connectivity index (χ0) is 12.3. The number of hydrogen-bond acceptors (Lipinski definition) is 5. The molecule has 0 saturated carbocycles. The molecule has 0 aromatic carbocycles. The van der Waals surface area contributed by atoms with Gasteiger partial charge in [0.25, 0.3) is 0 Å². The van der Waals surface area contributed by atoms with E-state index in [1.54, 1.807) is 23.5 Å². The van der Waals surface area contributed by atoms with Gasteiger partial charge < -0.3 is 5.32 Å². The molecule has 2 rings (SSSR count). The summed E-state index contributed by atoms with van der Waals surface area (Å²) in [5.41, 5.74) is 2.58. The maximum atomic E-state index is 10.5. The molecule has 6 heteroatoms. The highest BCUT2D eigenvalue weighted by Gasteiger charge is 2.09. The molecule has 1 N–H and O–H groups in total. The van der Waals surface area contributed by atoms with E-state index in [9.17, 15) is 10.1 Å². The van der Waals surface area contributed by atoms with Crippen LogP contribution in [-0.4, -0.2) is 4.92 Å². The average molecular weight is 268 g/mol. The highest BCUT2D eigenvalue weighted by atomic mass is 32.1. The van der Waals surface area contributed by atoms with Gasteiger partial charge in [-0.05, 0) is 34.9 Å². The summed E-state index contributed by atoms with van der Waals surface area (Å²) >= 11 is 2.92. The molecule has 2 heterocycles. The van der Waals surface area contributed by atoms with Crippen molar-refractivity contribution in [2.24, 2.45) is 0 Å². The van der Waals surface area contributed by atoms with Crippen LogP contribution in [0.4, 0.5) is 5.00 Å². The predicted octanol–water partition coefficient (Wildman–Crippen LogP) is 3.32. The maximum absolute atomic E-state index is 10.5. The minimum absolute atomic E-state index is 0.202. The van der Waals surface area contributed by atoms with Crippen LogP contribution in [0.5, 0.6) is 0 Å². The van der Waals surface area contributed by atoms with Crippen LogP contribution in [0.3, 0.4) is 0 Å². The van der Waals surface area contributed by atoms with Crippen molar-refractivity contribution >= 4 is 27.7 Å². The molecule has 0 radical (unpaired) electrons. The van der Waals surface area contributed by atoms with Gasteiger partial charge in [0.15, 0.2) is 0 Å². The van der Waals surface area contributed by atoms with Crippen molar-refractivity contribution in [1.29, 1.82) is 0 Å². The molecule has 0 spiro atoms. The number of hydrogen-bond donors (Lipinski definition) is 1. The zero-order valence-electron chi connectivity index (χ0n) is 9.30. The molecule has 0 aliphatic heterocycles. The number of nitrogens with one attached hydrogen (secondary N) is 1. The summed E-state index contributed by atoms with van der Waals surface area (Å²) in [6.07, 6.45) is 0. The Hall–Kier alpha value is -1.24. The molecule has 0 fully saturated rings. The summed E-state index contributed by atoms with van der Waals surface area (Å²) < 4.78 is 0. The second kappa shape index (κ2) is 5.39. The van der Waals surface area contributed by atoms with E-state index in [1.807, 2.05) is 0 Å². The van der Waals surface area contributed by atoms with Crippen LogP contribution in [0.2, 0.25) is 0 Å². The molecule has 0 atom stereocenters. The lowest BCUT2D eigenvalue weighted by atomic mass is 10.2. The van der Waals surface area contributed by atoms with Crippen molar-refractivity contribution < 1.29 is 4.92 Å². The molecule has 2 aromatic heterocycles. The van der Waals surface area contributed by atoms with Crippen molar-refractivity contribution in [1.82, 2.24) is 5.32 Å². The SMILES string of the molecule is Cc1cscc1CNCc1ccc([N+](=O)[O-])s1. The van der Waals surface area contributed by atoms with E-state index in [0.29, 0.717) is 6.54 Å². The second-order valence-electron chi connectivity index (χ2n) is 3.68. The van der Waals surface area contributed by atoms with Crippen molar-refractivity contribution in [3.8, 4) is 0 Å². The number of nitro groups is 1. The molecule has 0 unspecified atom stereocenters. The minimum atomic E-state index is -0.350. The van der Waals surface area contributed by atoms with Crippen LogP contribution in [-0.2, 0) is 13.1 Å². The van der Waals surface area contributed by atoms with Gasteiger partial charge in [0, 0.05) is 24.0 Å². The summed E-state index contributed by atoms with van der Waals surface area (Å²) in [6.45, 7) is 3.57. The van der Waals surface area contributed by atoms with Crippen molar-refractivity contribution in [2.45, 2.75) is 20.0 Å². The second-order valence-corrected chi connectivity index (χ2v) is 5.57. The van der Waals surface area contributed by atoms with Crippen LogP contribution in [0.25, 0.3) is 0 Å². The molecule has 90 valence electrons. The molecule has 0 amide bonds. The summed E-state index contributed by atoms with van der Waals surface area (Å²) in [5.74, 6) is 0. The van der Waals surface area contributed by atoms with E-state index in [-0.39, 0.29) is 9.92 Å². The Morgan fingerprint density at radius 1 is 1.35 bits per heavy atom. The molecular formula is C11H12N2O2S2. The molecule has 4 nitrogen and oxygen atoms in total. The summed E-state index contributed by atoms with van der Waals surface area (Å²) in [4.78, 5) is 11.2. The Kier molecular flexibility index (Phi) is 3.88. The first-order chi connectivity index (χ1) is 8.16. The fourth-order valence-corrected chi connectivity index (χ4v) is 3.09. The van der Waals surface area contributed by atoms with Gasteiger partial charge in [-0.2, -0.15) is 11.3 Å². The van der Waals surface area contributed by atoms with Crippen LogP contribution in [0.1, 0.15) is 16.0 Å². The largest absolute Gasteiger partial charge is 0.324 e. The Bertz CT molecular complexity index is 519. The van der Waals surface area contributed by atoms with Crippen LogP contribution in [0, 0.1) is 17.0 Å². The molecule has 17 heavy (non-hydrogen) atoms. The van der Waals surface area contributed by atoms with E-state index in [4.69, 9.17) is 0 Å². The third-order valence-corrected chi connectivity index (χ3v) is 4.35. The lowest BCUT2D eigenvalue weighted by molar-refractivity contribution is -0.380. The zero-order valence-corrected chi connectivity index (χ0v) is 10.9. The summed E-state index contributed by atoms with van der Waals surface area (Å²) in [7, 11) is 0. The normalized spacial score (nSPS) is 10.6. The smallest absolute Gasteiger partial charge is 0.308 e. The number of rotatable bonds is 5. The van der Waals surface area contributed by atoms with Gasteiger partial charge in [0.05, 0.1) is 4.92 Å². The van der Waals surface area contributed by atoms with Gasteiger partial charge in [-0.15, -0.1) is 0 Å². The fourth-order valence-electron chi connectivity index (χ4n) is 1.45. The van der Waals surface area contributed by atoms with E-state index < -0.39 is 0 Å². The van der Waals surface area contributed by atoms with Crippen LogP contribution >= 0.6 is 22.7 Å². The fraction of sp³-hybridized carbons (Fsp3) is 0.273. The Labute approximate surface area is 107 Å². The summed E-state index contributed by atoms with van der Waals surface area (Å²) in [5, 5.41) is 18.3. The summed E-state index contributed by atoms with van der Waals surface area (Å²) in [6, 6.07) is 3.35. The lowest BCUT2D eigenvalue weighted by Gasteiger charge is -2.01. The van der Waals surface area contributed by atoms with Crippen molar-refractivity contribution in [2.75, 3.05) is 0 Å². The Balaban J connectivity index is 1.86. The molecule has 0 saturated heterocycles. The maximum Gasteiger partial charge on any atom is 0.324 e. The Morgan fingerprint density at radius 2 is 2.18 bits per heavy atom. The standard InChI is InChI=1S/C11H12N2O2S2/c1-8-6-16-7-9(8)4-12-5-10-2-3-11(17-10)13(14)15/h2-3,6-7,12H,4-5H2,1H3. The molecule has 0 bridgehead atoms. The minimum Gasteiger partial charge on any atom is -0.308 e. The predicted molar refractivity (Wildman–Crippen MR) is 70.6 cm³/mol. The van der Waals surface area contributed by atoms with Crippen LogP contribution < -0.4 is 5.32 Å². The quantitative estimate of drug-likeness (QED) is 0.668. The first kappa shape index (κ1) is 12.2. The topological polar surface area (TPSA) is 55.2 Å². The molecule has 0 aliphatic rings. The third-order valence-electron chi connectivity index (χ3n) is 2.40. The lowest BCUT2D eigenvalue weighted by Crippen LogP contribution is -2.11. The van der Waals surface area contributed by atoms with Gasteiger partial charge in [-0.25, -0.2) is 0 Å². The highest BCUT2D eigenvalue weighted by Crippen LogP contribution is 2.23. The average Bonchev–Trinajstić information content (AvgIpc) is 2.89. The molecule has 2 aromatic rings. The van der Waals surface area contributed by atoms with E-state index >= 15 is 0 Å². The van der Waals surface area contributed by atoms with E-state index in [1.165, 1.54) is 22.5 Å². The van der Waals surface area contributed by atoms with Crippen molar-refractivity contribution in [3.05, 3.63) is 49.0 Å². The van der Waals surface area contributed by atoms with Gasteiger partial charge >= 0.3 is 5.00 Å². The Morgan fingerprint density at radius 3 is 2.76 bits per heavy atom. The monoisotopic (exact) mass is 268 g/mol.